The van der Waals surface area contributed by atoms with Crippen LogP contribution in [-0.4, -0.2) is 23.3 Å². The van der Waals surface area contributed by atoms with E-state index in [1.54, 1.807) is 13.8 Å². The lowest BCUT2D eigenvalue weighted by molar-refractivity contribution is -0.165. The summed E-state index contributed by atoms with van der Waals surface area (Å²) in [6.07, 6.45) is 1.71. The van der Waals surface area contributed by atoms with E-state index in [-0.39, 0.29) is 5.92 Å². The van der Waals surface area contributed by atoms with E-state index in [2.05, 4.69) is 6.07 Å². The Hall–Kier alpha value is -1.35. The Balaban J connectivity index is 2.27. The van der Waals surface area contributed by atoms with Gasteiger partial charge < -0.3 is 9.84 Å². The second-order valence-electron chi connectivity index (χ2n) is 4.66. The van der Waals surface area contributed by atoms with Crippen LogP contribution in [0, 0.1) is 0 Å². The van der Waals surface area contributed by atoms with Gasteiger partial charge in [-0.15, -0.1) is 0 Å². The molecule has 0 radical (unpaired) electrons. The van der Waals surface area contributed by atoms with Crippen molar-refractivity contribution in [2.24, 2.45) is 0 Å². The Morgan fingerprint density at radius 2 is 2.24 bits per heavy atom. The Morgan fingerprint density at radius 3 is 2.94 bits per heavy atom. The lowest BCUT2D eigenvalue weighted by Gasteiger charge is -2.28. The molecule has 0 bridgehead atoms. The standard InChI is InChI=1S/C14H18O3/c1-3-17-13(15)14(2,16)12-9-8-10-6-4-5-7-11(10)12/h4-7,12,16H,3,8-9H2,1-2H3. The molecule has 1 aliphatic carbocycles. The average Bonchev–Trinajstić information content (AvgIpc) is 2.73. The summed E-state index contributed by atoms with van der Waals surface area (Å²) in [7, 11) is 0. The number of aliphatic hydroxyl groups is 1. The summed E-state index contributed by atoms with van der Waals surface area (Å²) in [6, 6.07) is 7.97. The van der Waals surface area contributed by atoms with Crippen molar-refractivity contribution in [1.82, 2.24) is 0 Å². The van der Waals surface area contributed by atoms with Crippen LogP contribution >= 0.6 is 0 Å². The zero-order chi connectivity index (χ0) is 12.5. The Bertz CT molecular complexity index is 423. The third-order valence-electron chi connectivity index (χ3n) is 3.50. The normalized spacial score (nSPS) is 21.7. The summed E-state index contributed by atoms with van der Waals surface area (Å²) in [5, 5.41) is 10.4. The van der Waals surface area contributed by atoms with Gasteiger partial charge in [-0.25, -0.2) is 4.79 Å². The van der Waals surface area contributed by atoms with Crippen LogP contribution in [0.1, 0.15) is 37.3 Å². The van der Waals surface area contributed by atoms with E-state index in [4.69, 9.17) is 4.74 Å². The van der Waals surface area contributed by atoms with Crippen molar-refractivity contribution in [1.29, 1.82) is 0 Å². The highest BCUT2D eigenvalue weighted by atomic mass is 16.5. The van der Waals surface area contributed by atoms with Gasteiger partial charge in [0.05, 0.1) is 6.61 Å². The van der Waals surface area contributed by atoms with Gasteiger partial charge >= 0.3 is 5.97 Å². The molecule has 2 unspecified atom stereocenters. The van der Waals surface area contributed by atoms with Gasteiger partial charge in [0.2, 0.25) is 0 Å². The summed E-state index contributed by atoms with van der Waals surface area (Å²) in [5.74, 6) is -0.681. The van der Waals surface area contributed by atoms with Crippen molar-refractivity contribution in [2.75, 3.05) is 6.61 Å². The van der Waals surface area contributed by atoms with Gasteiger partial charge in [0.15, 0.2) is 5.60 Å². The predicted molar refractivity (Wildman–Crippen MR) is 64.8 cm³/mol. The lowest BCUT2D eigenvalue weighted by Crippen LogP contribution is -2.42. The molecule has 0 fully saturated rings. The minimum absolute atomic E-state index is 0.155. The van der Waals surface area contributed by atoms with Crippen LogP contribution in [0.2, 0.25) is 0 Å². The van der Waals surface area contributed by atoms with Gasteiger partial charge in [0.25, 0.3) is 0 Å². The number of carbonyl (C=O) groups is 1. The number of hydrogen-bond acceptors (Lipinski definition) is 3. The number of aryl methyl sites for hydroxylation is 1. The first kappa shape index (κ1) is 12.1. The molecule has 0 saturated heterocycles. The van der Waals surface area contributed by atoms with Crippen LogP contribution in [0.4, 0.5) is 0 Å². The Labute approximate surface area is 101 Å². The first-order chi connectivity index (χ1) is 8.07. The second kappa shape index (κ2) is 4.49. The molecule has 17 heavy (non-hydrogen) atoms. The van der Waals surface area contributed by atoms with Crippen molar-refractivity contribution in [2.45, 2.75) is 38.2 Å². The van der Waals surface area contributed by atoms with E-state index >= 15 is 0 Å². The van der Waals surface area contributed by atoms with Crippen LogP contribution in [0.5, 0.6) is 0 Å². The SMILES string of the molecule is CCOC(=O)C(C)(O)C1CCc2ccccc21. The molecule has 2 rings (SSSR count). The summed E-state index contributed by atoms with van der Waals surface area (Å²) < 4.78 is 4.95. The van der Waals surface area contributed by atoms with Gasteiger partial charge in [-0.3, -0.25) is 0 Å². The number of hydrogen-bond donors (Lipinski definition) is 1. The molecule has 0 aromatic heterocycles. The fourth-order valence-electron chi connectivity index (χ4n) is 2.56. The number of fused-ring (bicyclic) bond motifs is 1. The summed E-state index contributed by atoms with van der Waals surface area (Å²) in [6.45, 7) is 3.59. The topological polar surface area (TPSA) is 46.5 Å². The molecule has 3 heteroatoms. The number of rotatable bonds is 3. The zero-order valence-corrected chi connectivity index (χ0v) is 10.3. The van der Waals surface area contributed by atoms with Crippen LogP contribution in [0.25, 0.3) is 0 Å². The third kappa shape index (κ3) is 2.07. The molecule has 1 aromatic rings. The Kier molecular flexibility index (Phi) is 3.20. The molecule has 1 N–H and O–H groups in total. The minimum atomic E-state index is -1.43. The maximum absolute atomic E-state index is 11.8. The van der Waals surface area contributed by atoms with Gasteiger partial charge in [-0.05, 0) is 37.8 Å². The van der Waals surface area contributed by atoms with Gasteiger partial charge in [-0.2, -0.15) is 0 Å². The zero-order valence-electron chi connectivity index (χ0n) is 10.3. The van der Waals surface area contributed by atoms with E-state index in [0.29, 0.717) is 6.61 Å². The first-order valence-electron chi connectivity index (χ1n) is 6.04. The fourth-order valence-corrected chi connectivity index (χ4v) is 2.56. The van der Waals surface area contributed by atoms with E-state index in [1.165, 1.54) is 5.56 Å². The van der Waals surface area contributed by atoms with E-state index in [9.17, 15) is 9.90 Å². The van der Waals surface area contributed by atoms with Crippen LogP contribution < -0.4 is 0 Å². The predicted octanol–water partition coefficient (Wildman–Crippen LogP) is 2.03. The monoisotopic (exact) mass is 234 g/mol. The highest BCUT2D eigenvalue weighted by Gasteiger charge is 2.44. The molecular formula is C14H18O3. The average molecular weight is 234 g/mol. The van der Waals surface area contributed by atoms with Crippen molar-refractivity contribution < 1.29 is 14.6 Å². The summed E-state index contributed by atoms with van der Waals surface area (Å²) >= 11 is 0. The third-order valence-corrected chi connectivity index (χ3v) is 3.50. The van der Waals surface area contributed by atoms with E-state index in [0.717, 1.165) is 18.4 Å². The van der Waals surface area contributed by atoms with Gasteiger partial charge in [0.1, 0.15) is 0 Å². The van der Waals surface area contributed by atoms with Gasteiger partial charge in [-0.1, -0.05) is 24.3 Å². The highest BCUT2D eigenvalue weighted by molar-refractivity contribution is 5.80. The second-order valence-corrected chi connectivity index (χ2v) is 4.66. The molecule has 0 spiro atoms. The highest BCUT2D eigenvalue weighted by Crippen LogP contribution is 2.40. The number of benzene rings is 1. The maximum Gasteiger partial charge on any atom is 0.338 e. The molecule has 3 nitrogen and oxygen atoms in total. The van der Waals surface area contributed by atoms with Crippen LogP contribution in [-0.2, 0) is 16.0 Å². The van der Waals surface area contributed by atoms with Crippen molar-refractivity contribution in [3.05, 3.63) is 35.4 Å². The first-order valence-corrected chi connectivity index (χ1v) is 6.04. The molecule has 0 heterocycles. The van der Waals surface area contributed by atoms with Gasteiger partial charge in [0, 0.05) is 5.92 Å². The van der Waals surface area contributed by atoms with Crippen molar-refractivity contribution in [3.8, 4) is 0 Å². The van der Waals surface area contributed by atoms with Crippen molar-refractivity contribution >= 4 is 5.97 Å². The molecule has 1 aliphatic rings. The smallest absolute Gasteiger partial charge is 0.338 e. The molecule has 0 amide bonds. The largest absolute Gasteiger partial charge is 0.464 e. The number of ether oxygens (including phenoxy) is 1. The number of carbonyl (C=O) groups excluding carboxylic acids is 1. The molecule has 1 aromatic carbocycles. The van der Waals surface area contributed by atoms with Crippen molar-refractivity contribution in [3.63, 3.8) is 0 Å². The fraction of sp³-hybridized carbons (Fsp3) is 0.500. The molecule has 0 saturated carbocycles. The Morgan fingerprint density at radius 1 is 1.53 bits per heavy atom. The molecule has 0 aliphatic heterocycles. The minimum Gasteiger partial charge on any atom is -0.464 e. The quantitative estimate of drug-likeness (QED) is 0.814. The van der Waals surface area contributed by atoms with E-state index in [1.807, 2.05) is 18.2 Å². The summed E-state index contributed by atoms with van der Waals surface area (Å²) in [4.78, 5) is 11.8. The lowest BCUT2D eigenvalue weighted by atomic mass is 9.84. The molecule has 2 atom stereocenters. The molecule has 92 valence electrons. The molecular weight excluding hydrogens is 216 g/mol. The number of esters is 1. The van der Waals surface area contributed by atoms with E-state index < -0.39 is 11.6 Å². The van der Waals surface area contributed by atoms with Crippen LogP contribution in [0.3, 0.4) is 0 Å². The summed E-state index contributed by atoms with van der Waals surface area (Å²) in [5.41, 5.74) is 0.871. The maximum atomic E-state index is 11.8. The van der Waals surface area contributed by atoms with Crippen LogP contribution in [0.15, 0.2) is 24.3 Å².